The Morgan fingerprint density at radius 2 is 1.46 bits per heavy atom. The largest absolute Gasteiger partial charge is 0.444 e. The van der Waals surface area contributed by atoms with Gasteiger partial charge in [0.15, 0.2) is 0 Å². The van der Waals surface area contributed by atoms with Crippen LogP contribution in [-0.2, 0) is 19.1 Å². The molecule has 0 aromatic heterocycles. The Hall–Kier alpha value is -3.88. The molecule has 224 valence electrons. The van der Waals surface area contributed by atoms with Gasteiger partial charge in [-0.1, -0.05) is 54.4 Å². The molecule has 2 aromatic rings. The number of nitrogens with one attached hydrogen (secondary N) is 2. The number of amides is 4. The van der Waals surface area contributed by atoms with Crippen LogP contribution in [0.1, 0.15) is 88.2 Å². The number of hydrogen-bond acceptors (Lipinski definition) is 5. The van der Waals surface area contributed by atoms with Crippen molar-refractivity contribution in [1.82, 2.24) is 10.2 Å². The Morgan fingerprint density at radius 3 is 1.93 bits per heavy atom. The average molecular weight is 567 g/mol. The predicted molar refractivity (Wildman–Crippen MR) is 161 cm³/mol. The van der Waals surface area contributed by atoms with E-state index in [2.05, 4.69) is 10.6 Å². The number of para-hydroxylation sites is 1. The van der Waals surface area contributed by atoms with E-state index in [1.54, 1.807) is 20.8 Å². The quantitative estimate of drug-likeness (QED) is 0.355. The van der Waals surface area contributed by atoms with Gasteiger partial charge in [-0.3, -0.25) is 14.4 Å². The molecule has 0 saturated heterocycles. The highest BCUT2D eigenvalue weighted by Crippen LogP contribution is 2.34. The van der Waals surface area contributed by atoms with Crippen molar-refractivity contribution in [3.05, 3.63) is 64.2 Å². The zero-order chi connectivity index (χ0) is 31.3. The number of anilines is 1. The highest BCUT2D eigenvalue weighted by molar-refractivity contribution is 6.00. The van der Waals surface area contributed by atoms with Gasteiger partial charge in [-0.15, -0.1) is 0 Å². The van der Waals surface area contributed by atoms with E-state index >= 15 is 0 Å². The molecule has 4 amide bonds. The molecule has 0 radical (unpaired) electrons. The molecule has 0 aliphatic rings. The fraction of sp³-hybridized carbons (Fsp3) is 0.500. The van der Waals surface area contributed by atoms with E-state index in [9.17, 15) is 19.2 Å². The monoisotopic (exact) mass is 566 g/mol. The van der Waals surface area contributed by atoms with E-state index in [1.807, 2.05) is 84.9 Å². The fourth-order valence-corrected chi connectivity index (χ4v) is 4.75. The van der Waals surface area contributed by atoms with Gasteiger partial charge in [-0.05, 0) is 85.4 Å². The summed E-state index contributed by atoms with van der Waals surface area (Å²) in [6.45, 7) is 18.3. The first-order valence-corrected chi connectivity index (χ1v) is 13.9. The summed E-state index contributed by atoms with van der Waals surface area (Å²) in [5.74, 6) is -1.82. The number of benzene rings is 2. The van der Waals surface area contributed by atoms with Gasteiger partial charge >= 0.3 is 6.09 Å². The van der Waals surface area contributed by atoms with Gasteiger partial charge in [0.05, 0.1) is 6.42 Å². The van der Waals surface area contributed by atoms with Gasteiger partial charge in [-0.2, -0.15) is 0 Å². The standard InChI is InChI=1S/C32H46N4O5/c1-11-32(9,10)36(29(39)24(18-25(33)37)34-30(40)41-31(6,7)8)27(23-16-19(2)15-20(3)17-23)28(38)35-26-21(4)13-12-14-22(26)5/h12-17,24,27H,11,18H2,1-10H3,(H2,33,37)(H,34,40)(H,35,38). The van der Waals surface area contributed by atoms with E-state index in [0.29, 0.717) is 17.7 Å². The molecule has 0 spiro atoms. The minimum atomic E-state index is -1.35. The van der Waals surface area contributed by atoms with Crippen LogP contribution in [0.15, 0.2) is 36.4 Å². The highest BCUT2D eigenvalue weighted by Gasteiger charge is 2.43. The minimum absolute atomic E-state index is 0.419. The summed E-state index contributed by atoms with van der Waals surface area (Å²) >= 11 is 0. The summed E-state index contributed by atoms with van der Waals surface area (Å²) in [6.07, 6.45) is -0.854. The van der Waals surface area contributed by atoms with Crippen LogP contribution in [0.3, 0.4) is 0 Å². The fourth-order valence-electron chi connectivity index (χ4n) is 4.75. The van der Waals surface area contributed by atoms with Crippen LogP contribution in [0.25, 0.3) is 0 Å². The number of alkyl carbamates (subject to hydrolysis) is 1. The van der Waals surface area contributed by atoms with Crippen LogP contribution >= 0.6 is 0 Å². The maximum Gasteiger partial charge on any atom is 0.408 e. The van der Waals surface area contributed by atoms with Crippen LogP contribution in [0, 0.1) is 27.7 Å². The van der Waals surface area contributed by atoms with Crippen molar-refractivity contribution in [2.75, 3.05) is 5.32 Å². The SMILES string of the molecule is CCC(C)(C)N(C(=O)C(CC(N)=O)NC(=O)OC(C)(C)C)C(C(=O)Nc1c(C)cccc1C)c1cc(C)cc(C)c1. The van der Waals surface area contributed by atoms with Crippen molar-refractivity contribution < 1.29 is 23.9 Å². The van der Waals surface area contributed by atoms with Crippen molar-refractivity contribution in [2.24, 2.45) is 5.73 Å². The van der Waals surface area contributed by atoms with Crippen LogP contribution in [0.5, 0.6) is 0 Å². The van der Waals surface area contributed by atoms with E-state index in [-0.39, 0.29) is 0 Å². The van der Waals surface area contributed by atoms with E-state index in [4.69, 9.17) is 10.5 Å². The zero-order valence-corrected chi connectivity index (χ0v) is 26.1. The summed E-state index contributed by atoms with van der Waals surface area (Å²) in [5, 5.41) is 5.59. The molecule has 9 nitrogen and oxygen atoms in total. The summed E-state index contributed by atoms with van der Waals surface area (Å²) < 4.78 is 5.37. The van der Waals surface area contributed by atoms with Crippen molar-refractivity contribution in [2.45, 2.75) is 105 Å². The second kappa shape index (κ2) is 13.2. The molecule has 9 heteroatoms. The van der Waals surface area contributed by atoms with Gasteiger partial charge in [-0.25, -0.2) is 4.79 Å². The number of aryl methyl sites for hydroxylation is 4. The Morgan fingerprint density at radius 1 is 0.927 bits per heavy atom. The minimum Gasteiger partial charge on any atom is -0.444 e. The van der Waals surface area contributed by atoms with Gasteiger partial charge in [0.1, 0.15) is 17.7 Å². The van der Waals surface area contributed by atoms with Crippen molar-refractivity contribution in [3.63, 3.8) is 0 Å². The number of rotatable bonds is 10. The third-order valence-corrected chi connectivity index (χ3v) is 6.94. The van der Waals surface area contributed by atoms with Crippen molar-refractivity contribution in [1.29, 1.82) is 0 Å². The second-order valence-electron chi connectivity index (χ2n) is 12.3. The van der Waals surface area contributed by atoms with Gasteiger partial charge < -0.3 is 26.0 Å². The lowest BCUT2D eigenvalue weighted by molar-refractivity contribution is -0.148. The predicted octanol–water partition coefficient (Wildman–Crippen LogP) is 5.39. The molecule has 2 unspecified atom stereocenters. The number of nitrogens with zero attached hydrogens (tertiary/aromatic N) is 1. The van der Waals surface area contributed by atoms with Crippen LogP contribution < -0.4 is 16.4 Å². The second-order valence-corrected chi connectivity index (χ2v) is 12.3. The Balaban J connectivity index is 2.74. The van der Waals surface area contributed by atoms with Crippen LogP contribution in [0.4, 0.5) is 10.5 Å². The maximum atomic E-state index is 14.4. The highest BCUT2D eigenvalue weighted by atomic mass is 16.6. The molecular weight excluding hydrogens is 520 g/mol. The topological polar surface area (TPSA) is 131 Å². The summed E-state index contributed by atoms with van der Waals surface area (Å²) in [7, 11) is 0. The molecule has 0 bridgehead atoms. The Kier molecular flexibility index (Phi) is 10.7. The van der Waals surface area contributed by atoms with Gasteiger partial charge in [0, 0.05) is 11.2 Å². The number of hydrogen-bond donors (Lipinski definition) is 3. The maximum absolute atomic E-state index is 14.4. The zero-order valence-electron chi connectivity index (χ0n) is 26.1. The lowest BCUT2D eigenvalue weighted by Crippen LogP contribution is -2.59. The molecule has 2 rings (SSSR count). The van der Waals surface area contributed by atoms with Crippen molar-refractivity contribution in [3.8, 4) is 0 Å². The van der Waals surface area contributed by atoms with Crippen molar-refractivity contribution >= 4 is 29.5 Å². The Labute approximate surface area is 244 Å². The lowest BCUT2D eigenvalue weighted by atomic mass is 9.90. The molecule has 2 atom stereocenters. The first-order valence-electron chi connectivity index (χ1n) is 13.9. The molecular formula is C32H46N4O5. The van der Waals surface area contributed by atoms with Gasteiger partial charge in [0.2, 0.25) is 11.8 Å². The Bertz CT molecular complexity index is 1250. The lowest BCUT2D eigenvalue weighted by Gasteiger charge is -2.44. The first kappa shape index (κ1) is 33.3. The molecule has 4 N–H and O–H groups in total. The number of carbonyl (C=O) groups is 4. The molecule has 0 saturated carbocycles. The van der Waals surface area contributed by atoms with Crippen LogP contribution in [-0.4, -0.2) is 45.9 Å². The van der Waals surface area contributed by atoms with E-state index in [1.165, 1.54) is 4.90 Å². The molecule has 2 aromatic carbocycles. The number of nitrogens with two attached hydrogens (primary N) is 1. The normalized spacial score (nSPS) is 13.1. The average Bonchev–Trinajstić information content (AvgIpc) is 2.81. The number of ether oxygens (including phenoxy) is 1. The molecule has 0 heterocycles. The third kappa shape index (κ3) is 9.06. The third-order valence-electron chi connectivity index (χ3n) is 6.94. The molecule has 0 fully saturated rings. The summed E-state index contributed by atoms with van der Waals surface area (Å²) in [4.78, 5) is 55.0. The number of primary amides is 1. The number of carbonyl (C=O) groups excluding carboxylic acids is 4. The van der Waals surface area contributed by atoms with E-state index < -0.39 is 53.5 Å². The smallest absolute Gasteiger partial charge is 0.408 e. The summed E-state index contributed by atoms with van der Waals surface area (Å²) in [5.41, 5.74) is 8.68. The van der Waals surface area contributed by atoms with Crippen LogP contribution in [0.2, 0.25) is 0 Å². The van der Waals surface area contributed by atoms with E-state index in [0.717, 1.165) is 22.3 Å². The molecule has 41 heavy (non-hydrogen) atoms. The molecule has 0 aliphatic carbocycles. The molecule has 0 aliphatic heterocycles. The first-order chi connectivity index (χ1) is 18.9. The van der Waals surface area contributed by atoms with Gasteiger partial charge in [0.25, 0.3) is 5.91 Å². The summed E-state index contributed by atoms with van der Waals surface area (Å²) in [6, 6.07) is 9.01.